The molecule has 0 bridgehead atoms. The van der Waals surface area contributed by atoms with E-state index in [1.807, 2.05) is 42.5 Å². The number of amides is 1. The van der Waals surface area contributed by atoms with Crippen molar-refractivity contribution in [2.75, 3.05) is 13.7 Å². The maximum absolute atomic E-state index is 13.1. The van der Waals surface area contributed by atoms with Crippen LogP contribution in [0.3, 0.4) is 0 Å². The number of Topliss-reactive ketones (excluding diaryl/α,β-unsaturated/α-hetero) is 1. The van der Waals surface area contributed by atoms with E-state index in [2.05, 4.69) is 6.92 Å². The monoisotopic (exact) mass is 433 g/mol. The second kappa shape index (κ2) is 9.60. The number of aliphatic hydroxyl groups is 1. The minimum Gasteiger partial charge on any atom is -0.507 e. The van der Waals surface area contributed by atoms with E-state index in [4.69, 9.17) is 4.74 Å². The highest BCUT2D eigenvalue weighted by atomic mass is 16.5. The molecule has 2 aliphatic rings. The van der Waals surface area contributed by atoms with Gasteiger partial charge in [0.25, 0.3) is 11.7 Å². The molecule has 1 unspecified atom stereocenters. The summed E-state index contributed by atoms with van der Waals surface area (Å²) in [5.74, 6) is -0.541. The van der Waals surface area contributed by atoms with Crippen molar-refractivity contribution in [3.8, 4) is 5.75 Å². The highest BCUT2D eigenvalue weighted by molar-refractivity contribution is 6.46. The largest absolute Gasteiger partial charge is 0.507 e. The average molecular weight is 434 g/mol. The minimum absolute atomic E-state index is 0.0875. The van der Waals surface area contributed by atoms with Gasteiger partial charge in [-0.2, -0.15) is 0 Å². The summed E-state index contributed by atoms with van der Waals surface area (Å²) >= 11 is 0. The van der Waals surface area contributed by atoms with Crippen molar-refractivity contribution in [3.63, 3.8) is 0 Å². The van der Waals surface area contributed by atoms with Gasteiger partial charge in [0.15, 0.2) is 0 Å². The average Bonchev–Trinajstić information content (AvgIpc) is 3.08. The van der Waals surface area contributed by atoms with Gasteiger partial charge in [0.1, 0.15) is 11.5 Å². The van der Waals surface area contributed by atoms with E-state index in [0.717, 1.165) is 44.1 Å². The lowest BCUT2D eigenvalue weighted by Gasteiger charge is -2.25. The van der Waals surface area contributed by atoms with Crippen molar-refractivity contribution < 1.29 is 19.4 Å². The SMILES string of the molecule is CCCCCN1C(=O)C(=O)/C(=C(\O)c2ccc3c(c2)CCCC3)C1c1ccc(OC)cc1. The summed E-state index contributed by atoms with van der Waals surface area (Å²) in [6.45, 7) is 2.58. The lowest BCUT2D eigenvalue weighted by Crippen LogP contribution is -2.30. The van der Waals surface area contributed by atoms with Gasteiger partial charge in [-0.05, 0) is 67.0 Å². The molecule has 1 amide bonds. The van der Waals surface area contributed by atoms with Crippen molar-refractivity contribution in [2.45, 2.75) is 57.9 Å². The Morgan fingerprint density at radius 3 is 2.44 bits per heavy atom. The summed E-state index contributed by atoms with van der Waals surface area (Å²) in [6.07, 6.45) is 7.14. The number of hydrogen-bond acceptors (Lipinski definition) is 4. The molecular weight excluding hydrogens is 402 g/mol. The molecule has 168 valence electrons. The van der Waals surface area contributed by atoms with Crippen LogP contribution in [0.25, 0.3) is 5.76 Å². The first-order valence-electron chi connectivity index (χ1n) is 11.6. The van der Waals surface area contributed by atoms with Gasteiger partial charge in [-0.1, -0.05) is 44.0 Å². The molecule has 2 aromatic carbocycles. The Kier molecular flexibility index (Phi) is 6.63. The number of ketones is 1. The van der Waals surface area contributed by atoms with Crippen LogP contribution in [0, 0.1) is 0 Å². The Morgan fingerprint density at radius 1 is 1.03 bits per heavy atom. The second-order valence-electron chi connectivity index (χ2n) is 8.66. The number of carbonyl (C=O) groups excluding carboxylic acids is 2. The third-order valence-electron chi connectivity index (χ3n) is 6.60. The molecule has 1 saturated heterocycles. The molecule has 4 rings (SSSR count). The molecule has 0 spiro atoms. The number of methoxy groups -OCH3 is 1. The summed E-state index contributed by atoms with van der Waals surface area (Å²) in [5.41, 5.74) is 4.10. The van der Waals surface area contributed by atoms with Crippen LogP contribution in [-0.2, 0) is 22.4 Å². The quantitative estimate of drug-likeness (QED) is 0.283. The molecule has 5 heteroatoms. The van der Waals surface area contributed by atoms with Gasteiger partial charge in [0, 0.05) is 12.1 Å². The zero-order valence-corrected chi connectivity index (χ0v) is 18.9. The van der Waals surface area contributed by atoms with Crippen LogP contribution in [0.2, 0.25) is 0 Å². The first-order chi connectivity index (χ1) is 15.5. The molecule has 5 nitrogen and oxygen atoms in total. The van der Waals surface area contributed by atoms with E-state index in [1.54, 1.807) is 12.0 Å². The number of benzene rings is 2. The van der Waals surface area contributed by atoms with Crippen LogP contribution in [0.4, 0.5) is 0 Å². The maximum atomic E-state index is 13.1. The van der Waals surface area contributed by atoms with Gasteiger partial charge in [-0.3, -0.25) is 9.59 Å². The molecule has 1 heterocycles. The van der Waals surface area contributed by atoms with Gasteiger partial charge in [-0.15, -0.1) is 0 Å². The summed E-state index contributed by atoms with van der Waals surface area (Å²) in [6, 6.07) is 12.7. The van der Waals surface area contributed by atoms with Crippen molar-refractivity contribution in [2.24, 2.45) is 0 Å². The Hall–Kier alpha value is -3.08. The lowest BCUT2D eigenvalue weighted by atomic mass is 9.88. The summed E-state index contributed by atoms with van der Waals surface area (Å²) < 4.78 is 5.27. The lowest BCUT2D eigenvalue weighted by molar-refractivity contribution is -0.139. The van der Waals surface area contributed by atoms with Crippen molar-refractivity contribution in [1.29, 1.82) is 0 Å². The Bertz CT molecular complexity index is 1040. The molecule has 1 aliphatic heterocycles. The fourth-order valence-electron chi connectivity index (χ4n) is 4.81. The van der Waals surface area contributed by atoms with Gasteiger partial charge < -0.3 is 14.7 Å². The van der Waals surface area contributed by atoms with E-state index in [1.165, 1.54) is 17.5 Å². The number of likely N-dealkylation sites (tertiary alicyclic amines) is 1. The van der Waals surface area contributed by atoms with Crippen LogP contribution >= 0.6 is 0 Å². The third kappa shape index (κ3) is 4.16. The van der Waals surface area contributed by atoms with Crippen LogP contribution in [0.15, 0.2) is 48.0 Å². The number of aliphatic hydroxyl groups excluding tert-OH is 1. The highest BCUT2D eigenvalue weighted by Crippen LogP contribution is 2.40. The summed E-state index contributed by atoms with van der Waals surface area (Å²) in [5, 5.41) is 11.3. The number of fused-ring (bicyclic) bond motifs is 1. The summed E-state index contributed by atoms with van der Waals surface area (Å²) in [4.78, 5) is 27.7. The normalized spacial score (nSPS) is 19.8. The smallest absolute Gasteiger partial charge is 0.295 e. The molecule has 1 aliphatic carbocycles. The number of aryl methyl sites for hydroxylation is 2. The van der Waals surface area contributed by atoms with E-state index in [9.17, 15) is 14.7 Å². The first-order valence-corrected chi connectivity index (χ1v) is 11.6. The third-order valence-corrected chi connectivity index (χ3v) is 6.60. The zero-order valence-electron chi connectivity index (χ0n) is 18.9. The fourth-order valence-corrected chi connectivity index (χ4v) is 4.81. The Morgan fingerprint density at radius 2 is 1.75 bits per heavy atom. The maximum Gasteiger partial charge on any atom is 0.295 e. The van der Waals surface area contributed by atoms with Crippen molar-refractivity contribution in [1.82, 2.24) is 4.90 Å². The van der Waals surface area contributed by atoms with Gasteiger partial charge in [0.05, 0.1) is 18.7 Å². The number of ether oxygens (including phenoxy) is 1. The molecule has 2 aromatic rings. The first kappa shape index (κ1) is 22.1. The molecule has 0 radical (unpaired) electrons. The predicted octanol–water partition coefficient (Wildman–Crippen LogP) is 5.19. The van der Waals surface area contributed by atoms with E-state index in [-0.39, 0.29) is 11.3 Å². The number of carbonyl (C=O) groups is 2. The Balaban J connectivity index is 1.79. The molecular formula is C27H31NO4. The van der Waals surface area contributed by atoms with Gasteiger partial charge >= 0.3 is 0 Å². The van der Waals surface area contributed by atoms with E-state index >= 15 is 0 Å². The van der Waals surface area contributed by atoms with Crippen molar-refractivity contribution in [3.05, 3.63) is 70.3 Å². The minimum atomic E-state index is -0.613. The molecule has 1 N–H and O–H groups in total. The van der Waals surface area contributed by atoms with Gasteiger partial charge in [-0.25, -0.2) is 0 Å². The van der Waals surface area contributed by atoms with Crippen LogP contribution in [-0.4, -0.2) is 35.4 Å². The predicted molar refractivity (Wildman–Crippen MR) is 125 cm³/mol. The van der Waals surface area contributed by atoms with Crippen LogP contribution < -0.4 is 4.74 Å². The highest BCUT2D eigenvalue weighted by Gasteiger charge is 2.45. The standard InChI is InChI=1S/C27H31NO4/c1-3-4-7-16-28-24(19-12-14-22(32-2)15-13-19)23(26(30)27(28)31)25(29)21-11-10-18-8-5-6-9-20(18)17-21/h10-15,17,24,29H,3-9,16H2,1-2H3/b25-23-. The molecule has 32 heavy (non-hydrogen) atoms. The fraction of sp³-hybridized carbons (Fsp3) is 0.407. The number of rotatable bonds is 7. The van der Waals surface area contributed by atoms with Crippen molar-refractivity contribution >= 4 is 17.4 Å². The topological polar surface area (TPSA) is 66.8 Å². The molecule has 1 fully saturated rings. The summed E-state index contributed by atoms with van der Waals surface area (Å²) in [7, 11) is 1.60. The number of unbranched alkanes of at least 4 members (excludes halogenated alkanes) is 2. The van der Waals surface area contributed by atoms with Crippen LogP contribution in [0.5, 0.6) is 5.75 Å². The number of hydrogen-bond donors (Lipinski definition) is 1. The zero-order chi connectivity index (χ0) is 22.7. The van der Waals surface area contributed by atoms with Gasteiger partial charge in [0.2, 0.25) is 0 Å². The molecule has 1 atom stereocenters. The van der Waals surface area contributed by atoms with E-state index in [0.29, 0.717) is 17.9 Å². The second-order valence-corrected chi connectivity index (χ2v) is 8.66. The molecule has 0 saturated carbocycles. The Labute approximate surface area is 189 Å². The van der Waals surface area contributed by atoms with Crippen LogP contribution in [0.1, 0.15) is 67.3 Å². The van der Waals surface area contributed by atoms with E-state index < -0.39 is 17.7 Å². The number of nitrogens with zero attached hydrogens (tertiary/aromatic N) is 1. The molecule has 0 aromatic heterocycles.